The number of carbonyl (C=O) groups excluding carboxylic acids is 1. The maximum absolute atomic E-state index is 11.4. The number of likely N-dealkylation sites (tertiary alicyclic amines) is 1. The second kappa shape index (κ2) is 7.02. The number of aryl methyl sites for hydroxylation is 1. The largest absolute Gasteiger partial charge is 0.343 e. The van der Waals surface area contributed by atoms with Gasteiger partial charge < -0.3 is 14.7 Å². The van der Waals surface area contributed by atoms with Gasteiger partial charge in [-0.2, -0.15) is 4.98 Å². The molecule has 1 aliphatic heterocycles. The monoisotopic (exact) mass is 294 g/mol. The van der Waals surface area contributed by atoms with E-state index in [0.717, 1.165) is 38.2 Å². The van der Waals surface area contributed by atoms with E-state index >= 15 is 0 Å². The van der Waals surface area contributed by atoms with Crippen LogP contribution in [-0.4, -0.2) is 40.1 Å². The Hall–Kier alpha value is -1.43. The van der Waals surface area contributed by atoms with Crippen LogP contribution in [0.3, 0.4) is 0 Å². The fourth-order valence-electron chi connectivity index (χ4n) is 2.84. The van der Waals surface area contributed by atoms with Crippen LogP contribution >= 0.6 is 0 Å². The van der Waals surface area contributed by atoms with Gasteiger partial charge in [-0.3, -0.25) is 4.79 Å². The SMILES string of the molecule is CCCc1noc([C@H](C)N[C@@H]2CCN(C(C)=O)C[C@H]2C)n1. The van der Waals surface area contributed by atoms with Gasteiger partial charge in [0.2, 0.25) is 11.8 Å². The first kappa shape index (κ1) is 15.9. The second-order valence-electron chi connectivity index (χ2n) is 6.02. The fourth-order valence-corrected chi connectivity index (χ4v) is 2.84. The Labute approximate surface area is 126 Å². The quantitative estimate of drug-likeness (QED) is 0.898. The van der Waals surface area contributed by atoms with Gasteiger partial charge in [-0.1, -0.05) is 19.0 Å². The third-order valence-corrected chi connectivity index (χ3v) is 4.14. The van der Waals surface area contributed by atoms with E-state index in [1.54, 1.807) is 6.92 Å². The molecule has 0 spiro atoms. The van der Waals surface area contributed by atoms with Crippen LogP contribution in [-0.2, 0) is 11.2 Å². The lowest BCUT2D eigenvalue weighted by Gasteiger charge is -2.37. The lowest BCUT2D eigenvalue weighted by Crippen LogP contribution is -2.50. The van der Waals surface area contributed by atoms with Crippen molar-refractivity contribution in [3.05, 3.63) is 11.7 Å². The van der Waals surface area contributed by atoms with Crippen molar-refractivity contribution in [1.29, 1.82) is 0 Å². The summed E-state index contributed by atoms with van der Waals surface area (Å²) >= 11 is 0. The second-order valence-corrected chi connectivity index (χ2v) is 6.02. The number of carbonyl (C=O) groups is 1. The molecule has 1 saturated heterocycles. The highest BCUT2D eigenvalue weighted by Gasteiger charge is 2.29. The minimum atomic E-state index is 0.0411. The molecule has 0 unspecified atom stereocenters. The number of rotatable bonds is 5. The van der Waals surface area contributed by atoms with Crippen LogP contribution in [0.4, 0.5) is 0 Å². The van der Waals surface area contributed by atoms with Crippen LogP contribution in [0.15, 0.2) is 4.52 Å². The standard InChI is InChI=1S/C15H26N4O2/c1-5-6-14-17-15(21-18-14)11(3)16-13-7-8-19(12(4)20)9-10(13)2/h10-11,13,16H,5-9H2,1-4H3/t10-,11+,13-/m1/s1. The molecule has 2 heterocycles. The van der Waals surface area contributed by atoms with Gasteiger partial charge in [0.05, 0.1) is 6.04 Å². The topological polar surface area (TPSA) is 71.3 Å². The molecular formula is C15H26N4O2. The molecule has 118 valence electrons. The molecule has 0 saturated carbocycles. The molecule has 21 heavy (non-hydrogen) atoms. The van der Waals surface area contributed by atoms with E-state index < -0.39 is 0 Å². The smallest absolute Gasteiger partial charge is 0.243 e. The first-order chi connectivity index (χ1) is 10.0. The summed E-state index contributed by atoms with van der Waals surface area (Å²) in [6, 6.07) is 0.413. The summed E-state index contributed by atoms with van der Waals surface area (Å²) in [5.41, 5.74) is 0. The van der Waals surface area contributed by atoms with Gasteiger partial charge in [0.15, 0.2) is 5.82 Å². The predicted octanol–water partition coefficient (Wildman–Crippen LogP) is 1.93. The highest BCUT2D eigenvalue weighted by Crippen LogP contribution is 2.20. The number of nitrogens with one attached hydrogen (secondary N) is 1. The first-order valence-electron chi connectivity index (χ1n) is 7.85. The number of piperidine rings is 1. The lowest BCUT2D eigenvalue weighted by atomic mass is 9.93. The molecule has 1 aromatic rings. The highest BCUT2D eigenvalue weighted by atomic mass is 16.5. The summed E-state index contributed by atoms with van der Waals surface area (Å²) in [6.07, 6.45) is 2.83. The molecule has 1 amide bonds. The number of aromatic nitrogens is 2. The Bertz CT molecular complexity index is 474. The molecule has 0 bridgehead atoms. The van der Waals surface area contributed by atoms with Crippen molar-refractivity contribution in [3.63, 3.8) is 0 Å². The van der Waals surface area contributed by atoms with E-state index in [2.05, 4.69) is 29.3 Å². The van der Waals surface area contributed by atoms with Crippen molar-refractivity contribution in [2.75, 3.05) is 13.1 Å². The van der Waals surface area contributed by atoms with Crippen LogP contribution < -0.4 is 5.32 Å². The van der Waals surface area contributed by atoms with Crippen LogP contribution in [0.25, 0.3) is 0 Å². The summed E-state index contributed by atoms with van der Waals surface area (Å²) in [5, 5.41) is 7.56. The van der Waals surface area contributed by atoms with Gasteiger partial charge in [-0.15, -0.1) is 0 Å². The Morgan fingerprint density at radius 2 is 2.33 bits per heavy atom. The van der Waals surface area contributed by atoms with E-state index in [1.165, 1.54) is 0 Å². The molecule has 1 fully saturated rings. The summed E-state index contributed by atoms with van der Waals surface area (Å²) in [6.45, 7) is 9.59. The predicted molar refractivity (Wildman–Crippen MR) is 79.7 cm³/mol. The normalized spacial score (nSPS) is 24.1. The van der Waals surface area contributed by atoms with Crippen molar-refractivity contribution >= 4 is 5.91 Å². The number of hydrogen-bond acceptors (Lipinski definition) is 5. The van der Waals surface area contributed by atoms with Gasteiger partial charge in [-0.05, 0) is 25.7 Å². The molecule has 1 N–H and O–H groups in total. The summed E-state index contributed by atoms with van der Waals surface area (Å²) in [5.74, 6) is 2.01. The van der Waals surface area contributed by atoms with E-state index in [4.69, 9.17) is 4.52 Å². The van der Waals surface area contributed by atoms with Crippen LogP contribution in [0.5, 0.6) is 0 Å². The minimum Gasteiger partial charge on any atom is -0.343 e. The zero-order chi connectivity index (χ0) is 15.4. The Morgan fingerprint density at radius 1 is 1.57 bits per heavy atom. The van der Waals surface area contributed by atoms with Crippen LogP contribution in [0.1, 0.15) is 58.3 Å². The summed E-state index contributed by atoms with van der Waals surface area (Å²) < 4.78 is 5.33. The Morgan fingerprint density at radius 3 is 2.95 bits per heavy atom. The Balaban J connectivity index is 1.90. The van der Waals surface area contributed by atoms with E-state index in [-0.39, 0.29) is 11.9 Å². The van der Waals surface area contributed by atoms with Crippen molar-refractivity contribution in [2.45, 2.75) is 59.0 Å². The van der Waals surface area contributed by atoms with E-state index in [9.17, 15) is 4.79 Å². The third-order valence-electron chi connectivity index (χ3n) is 4.14. The van der Waals surface area contributed by atoms with Crippen molar-refractivity contribution in [3.8, 4) is 0 Å². The lowest BCUT2D eigenvalue weighted by molar-refractivity contribution is -0.130. The minimum absolute atomic E-state index is 0.0411. The molecule has 1 aromatic heterocycles. The Kier molecular flexibility index (Phi) is 5.33. The van der Waals surface area contributed by atoms with Crippen LogP contribution in [0.2, 0.25) is 0 Å². The zero-order valence-electron chi connectivity index (χ0n) is 13.4. The van der Waals surface area contributed by atoms with Crippen molar-refractivity contribution in [1.82, 2.24) is 20.4 Å². The maximum atomic E-state index is 11.4. The average Bonchev–Trinajstić information content (AvgIpc) is 2.90. The van der Waals surface area contributed by atoms with Gasteiger partial charge in [0, 0.05) is 32.5 Å². The molecule has 1 aliphatic rings. The number of amides is 1. The highest BCUT2D eigenvalue weighted by molar-refractivity contribution is 5.73. The maximum Gasteiger partial charge on any atom is 0.243 e. The van der Waals surface area contributed by atoms with Crippen molar-refractivity contribution in [2.24, 2.45) is 5.92 Å². The molecule has 0 aliphatic carbocycles. The number of nitrogens with zero attached hydrogens (tertiary/aromatic N) is 3. The molecular weight excluding hydrogens is 268 g/mol. The molecule has 2 rings (SSSR count). The molecule has 6 nitrogen and oxygen atoms in total. The van der Waals surface area contributed by atoms with E-state index in [1.807, 2.05) is 11.8 Å². The summed E-state index contributed by atoms with van der Waals surface area (Å²) in [4.78, 5) is 17.8. The molecule has 0 radical (unpaired) electrons. The van der Waals surface area contributed by atoms with Gasteiger partial charge in [0.1, 0.15) is 0 Å². The molecule has 3 atom stereocenters. The van der Waals surface area contributed by atoms with Gasteiger partial charge >= 0.3 is 0 Å². The van der Waals surface area contributed by atoms with Crippen molar-refractivity contribution < 1.29 is 9.32 Å². The molecule has 0 aromatic carbocycles. The third kappa shape index (κ3) is 4.03. The number of hydrogen-bond donors (Lipinski definition) is 1. The molecule has 6 heteroatoms. The van der Waals surface area contributed by atoms with E-state index in [0.29, 0.717) is 17.9 Å². The van der Waals surface area contributed by atoms with Gasteiger partial charge in [-0.25, -0.2) is 0 Å². The van der Waals surface area contributed by atoms with Gasteiger partial charge in [0.25, 0.3) is 0 Å². The summed E-state index contributed by atoms with van der Waals surface area (Å²) in [7, 11) is 0. The van der Waals surface area contributed by atoms with Crippen LogP contribution in [0, 0.1) is 5.92 Å². The fraction of sp³-hybridized carbons (Fsp3) is 0.800. The average molecular weight is 294 g/mol. The zero-order valence-corrected chi connectivity index (χ0v) is 13.4. The first-order valence-corrected chi connectivity index (χ1v) is 7.85.